The number of aliphatic carboxylic acids is 1. The Bertz CT molecular complexity index is 256. The number of hydrogen-bond acceptors (Lipinski definition) is 1. The smallest absolute Gasteiger partial charge is 0.330 e. The molecular weight excluding hydrogens is 212 g/mol. The molecule has 0 aromatic rings. The first-order valence-electron chi connectivity index (χ1n) is 6.78. The SMILES string of the molecule is CCC[C@H](C)C[C@H](C)C[C@H](C)/C=C(\C)C(=O)O. The van der Waals surface area contributed by atoms with Gasteiger partial charge < -0.3 is 5.11 Å². The Balaban J connectivity index is 4.07. The minimum atomic E-state index is -0.802. The van der Waals surface area contributed by atoms with Gasteiger partial charge in [0, 0.05) is 5.57 Å². The predicted octanol–water partition coefficient (Wildman–Crippen LogP) is 4.51. The standard InChI is InChI=1S/C15H28O2/c1-6-7-11(2)8-12(3)9-13(4)10-14(5)15(16)17/h10-13H,6-9H2,1-5H3,(H,16,17)/b14-10+/t11-,12-,13-/m0/s1. The highest BCUT2D eigenvalue weighted by Crippen LogP contribution is 2.23. The molecule has 17 heavy (non-hydrogen) atoms. The first-order valence-corrected chi connectivity index (χ1v) is 6.78. The van der Waals surface area contributed by atoms with Crippen LogP contribution in [0.15, 0.2) is 11.6 Å². The molecule has 0 amide bonds. The van der Waals surface area contributed by atoms with E-state index in [-0.39, 0.29) is 0 Å². The van der Waals surface area contributed by atoms with E-state index in [2.05, 4.69) is 27.7 Å². The van der Waals surface area contributed by atoms with Crippen LogP contribution in [-0.2, 0) is 4.79 Å². The number of carboxylic acids is 1. The summed E-state index contributed by atoms with van der Waals surface area (Å²) in [6.45, 7) is 10.6. The molecule has 0 saturated heterocycles. The summed E-state index contributed by atoms with van der Waals surface area (Å²) in [4.78, 5) is 10.7. The average molecular weight is 240 g/mol. The molecule has 0 rings (SSSR count). The van der Waals surface area contributed by atoms with Crippen LogP contribution in [0.2, 0.25) is 0 Å². The van der Waals surface area contributed by atoms with Crippen molar-refractivity contribution in [2.24, 2.45) is 17.8 Å². The normalized spacial score (nSPS) is 17.6. The van der Waals surface area contributed by atoms with Gasteiger partial charge in [-0.1, -0.05) is 46.6 Å². The van der Waals surface area contributed by atoms with Crippen LogP contribution in [0.5, 0.6) is 0 Å². The summed E-state index contributed by atoms with van der Waals surface area (Å²) in [6, 6.07) is 0. The summed E-state index contributed by atoms with van der Waals surface area (Å²) in [5.41, 5.74) is 0.464. The third-order valence-electron chi connectivity index (χ3n) is 3.23. The van der Waals surface area contributed by atoms with Gasteiger partial charge in [0.15, 0.2) is 0 Å². The lowest BCUT2D eigenvalue weighted by atomic mass is 9.87. The van der Waals surface area contributed by atoms with E-state index in [1.807, 2.05) is 6.08 Å². The van der Waals surface area contributed by atoms with Crippen molar-refractivity contribution in [2.45, 2.75) is 60.3 Å². The Morgan fingerprint density at radius 2 is 1.76 bits per heavy atom. The van der Waals surface area contributed by atoms with Gasteiger partial charge in [-0.2, -0.15) is 0 Å². The second kappa shape index (κ2) is 8.32. The molecule has 3 atom stereocenters. The number of carboxylic acid groups (broad SMARTS) is 1. The van der Waals surface area contributed by atoms with Gasteiger partial charge in [0.25, 0.3) is 0 Å². The predicted molar refractivity (Wildman–Crippen MR) is 73.0 cm³/mol. The fourth-order valence-electron chi connectivity index (χ4n) is 2.59. The molecule has 0 aromatic carbocycles. The molecular formula is C15H28O2. The second-order valence-corrected chi connectivity index (χ2v) is 5.60. The highest BCUT2D eigenvalue weighted by molar-refractivity contribution is 5.85. The molecule has 0 bridgehead atoms. The van der Waals surface area contributed by atoms with Gasteiger partial charge in [-0.15, -0.1) is 0 Å². The van der Waals surface area contributed by atoms with E-state index in [4.69, 9.17) is 5.11 Å². The van der Waals surface area contributed by atoms with Gasteiger partial charge in [0.05, 0.1) is 0 Å². The summed E-state index contributed by atoms with van der Waals surface area (Å²) in [5.74, 6) is 1.01. The van der Waals surface area contributed by atoms with Gasteiger partial charge in [0.1, 0.15) is 0 Å². The van der Waals surface area contributed by atoms with E-state index < -0.39 is 5.97 Å². The quantitative estimate of drug-likeness (QED) is 0.634. The Hall–Kier alpha value is -0.790. The largest absolute Gasteiger partial charge is 0.478 e. The van der Waals surface area contributed by atoms with Gasteiger partial charge in [-0.25, -0.2) is 4.79 Å². The van der Waals surface area contributed by atoms with E-state index in [1.54, 1.807) is 6.92 Å². The molecule has 1 N–H and O–H groups in total. The van der Waals surface area contributed by atoms with Crippen LogP contribution in [0.1, 0.15) is 60.3 Å². The van der Waals surface area contributed by atoms with Crippen LogP contribution >= 0.6 is 0 Å². The zero-order valence-electron chi connectivity index (χ0n) is 12.0. The van der Waals surface area contributed by atoms with Crippen LogP contribution < -0.4 is 0 Å². The highest BCUT2D eigenvalue weighted by Gasteiger charge is 2.12. The average Bonchev–Trinajstić information content (AvgIpc) is 2.16. The Kier molecular flexibility index (Phi) is 7.94. The van der Waals surface area contributed by atoms with E-state index >= 15 is 0 Å². The summed E-state index contributed by atoms with van der Waals surface area (Å²) >= 11 is 0. The molecule has 0 saturated carbocycles. The molecule has 2 nitrogen and oxygen atoms in total. The molecule has 0 spiro atoms. The van der Waals surface area contributed by atoms with Crippen molar-refractivity contribution >= 4 is 5.97 Å². The highest BCUT2D eigenvalue weighted by atomic mass is 16.4. The molecule has 0 fully saturated rings. The zero-order chi connectivity index (χ0) is 13.4. The van der Waals surface area contributed by atoms with Crippen molar-refractivity contribution in [3.8, 4) is 0 Å². The molecule has 0 aromatic heterocycles. The van der Waals surface area contributed by atoms with Crippen molar-refractivity contribution in [1.29, 1.82) is 0 Å². The van der Waals surface area contributed by atoms with Crippen LogP contribution in [0.25, 0.3) is 0 Å². The number of carbonyl (C=O) groups is 1. The lowest BCUT2D eigenvalue weighted by Crippen LogP contribution is -2.08. The molecule has 0 unspecified atom stereocenters. The van der Waals surface area contributed by atoms with E-state index in [9.17, 15) is 4.79 Å². The lowest BCUT2D eigenvalue weighted by Gasteiger charge is -2.19. The van der Waals surface area contributed by atoms with Gasteiger partial charge >= 0.3 is 5.97 Å². The fraction of sp³-hybridized carbons (Fsp3) is 0.800. The van der Waals surface area contributed by atoms with Crippen molar-refractivity contribution in [2.75, 3.05) is 0 Å². The van der Waals surface area contributed by atoms with Crippen LogP contribution in [0.4, 0.5) is 0 Å². The van der Waals surface area contributed by atoms with Gasteiger partial charge in [-0.05, 0) is 37.5 Å². The van der Waals surface area contributed by atoms with E-state index in [0.717, 1.165) is 12.3 Å². The van der Waals surface area contributed by atoms with Crippen molar-refractivity contribution < 1.29 is 9.90 Å². The van der Waals surface area contributed by atoms with Crippen LogP contribution in [0, 0.1) is 17.8 Å². The van der Waals surface area contributed by atoms with Crippen LogP contribution in [0.3, 0.4) is 0 Å². The first-order chi connectivity index (χ1) is 7.86. The zero-order valence-corrected chi connectivity index (χ0v) is 12.0. The molecule has 0 heterocycles. The maximum absolute atomic E-state index is 10.7. The van der Waals surface area contributed by atoms with Crippen molar-refractivity contribution in [3.05, 3.63) is 11.6 Å². The molecule has 0 aliphatic rings. The van der Waals surface area contributed by atoms with Gasteiger partial charge in [-0.3, -0.25) is 0 Å². The Morgan fingerprint density at radius 1 is 1.18 bits per heavy atom. The number of hydrogen-bond donors (Lipinski definition) is 1. The maximum Gasteiger partial charge on any atom is 0.330 e. The monoisotopic (exact) mass is 240 g/mol. The maximum atomic E-state index is 10.7. The van der Waals surface area contributed by atoms with E-state index in [1.165, 1.54) is 19.3 Å². The molecule has 0 aliphatic heterocycles. The van der Waals surface area contributed by atoms with Crippen molar-refractivity contribution in [1.82, 2.24) is 0 Å². The topological polar surface area (TPSA) is 37.3 Å². The Labute approximate surface area is 106 Å². The fourth-order valence-corrected chi connectivity index (χ4v) is 2.59. The molecule has 2 heteroatoms. The van der Waals surface area contributed by atoms with Gasteiger partial charge in [0.2, 0.25) is 0 Å². The van der Waals surface area contributed by atoms with E-state index in [0.29, 0.717) is 17.4 Å². The summed E-state index contributed by atoms with van der Waals surface area (Å²) in [5, 5.41) is 8.81. The van der Waals surface area contributed by atoms with Crippen molar-refractivity contribution in [3.63, 3.8) is 0 Å². The molecule has 100 valence electrons. The summed E-state index contributed by atoms with van der Waals surface area (Å²) in [7, 11) is 0. The number of allylic oxidation sites excluding steroid dienone is 1. The molecule has 0 aliphatic carbocycles. The molecule has 0 radical (unpaired) electrons. The summed E-state index contributed by atoms with van der Waals surface area (Å²) < 4.78 is 0. The lowest BCUT2D eigenvalue weighted by molar-refractivity contribution is -0.132. The first kappa shape index (κ1) is 16.2. The third kappa shape index (κ3) is 8.00. The second-order valence-electron chi connectivity index (χ2n) is 5.60. The van der Waals surface area contributed by atoms with Crippen LogP contribution in [-0.4, -0.2) is 11.1 Å². The Morgan fingerprint density at radius 3 is 2.24 bits per heavy atom. The third-order valence-corrected chi connectivity index (χ3v) is 3.23. The summed E-state index contributed by atoms with van der Waals surface area (Å²) in [6.07, 6.45) is 6.75. The number of rotatable bonds is 8. The minimum absolute atomic E-state index is 0.356. The minimum Gasteiger partial charge on any atom is -0.478 e.